The van der Waals surface area contributed by atoms with Crippen LogP contribution in [0.25, 0.3) is 5.69 Å². The molecule has 6 nitrogen and oxygen atoms in total. The predicted octanol–water partition coefficient (Wildman–Crippen LogP) is 1.87. The molecule has 1 heterocycles. The average Bonchev–Trinajstić information content (AvgIpc) is 2.83. The van der Waals surface area contributed by atoms with Gasteiger partial charge >= 0.3 is 5.97 Å². The van der Waals surface area contributed by atoms with E-state index in [0.717, 1.165) is 0 Å². The minimum absolute atomic E-state index is 0.0134. The largest absolute Gasteiger partial charge is 0.494 e. The number of esters is 1. The zero-order chi connectivity index (χ0) is 15.6. The second kappa shape index (κ2) is 5.54. The van der Waals surface area contributed by atoms with Crippen molar-refractivity contribution >= 4 is 11.7 Å². The summed E-state index contributed by atoms with van der Waals surface area (Å²) in [6, 6.07) is 5.99. The normalized spacial score (nSPS) is 10.0. The summed E-state index contributed by atoms with van der Waals surface area (Å²) in [4.78, 5) is 11.8. The number of hydrogen-bond donors (Lipinski definition) is 1. The summed E-state index contributed by atoms with van der Waals surface area (Å²) >= 11 is 0. The number of nitrogen functional groups attached to an aromatic ring is 1. The van der Waals surface area contributed by atoms with E-state index in [-0.39, 0.29) is 22.7 Å². The first-order valence-corrected chi connectivity index (χ1v) is 5.86. The van der Waals surface area contributed by atoms with Gasteiger partial charge in [-0.1, -0.05) is 0 Å². The summed E-state index contributed by atoms with van der Waals surface area (Å²) in [5.74, 6) is -1.25. The summed E-state index contributed by atoms with van der Waals surface area (Å²) in [5, 5.41) is 9.00. The topological polar surface area (TPSA) is 90.3 Å². The van der Waals surface area contributed by atoms with Crippen LogP contribution in [0.5, 0.6) is 5.75 Å². The van der Waals surface area contributed by atoms with Gasteiger partial charge in [0.25, 0.3) is 0 Å². The molecule has 0 aliphatic heterocycles. The fourth-order valence-electron chi connectivity index (χ4n) is 1.92. The number of methoxy groups -OCH3 is 2. The fraction of sp³-hybridized carbons (Fsp3) is 0.143. The molecule has 0 bridgehead atoms. The van der Waals surface area contributed by atoms with Crippen LogP contribution in [0.3, 0.4) is 0 Å². The molecule has 108 valence electrons. The first kappa shape index (κ1) is 14.4. The SMILES string of the molecule is COC(=O)c1c(N)c(C#N)cn1-c1ccc(OC)c(F)c1. The fourth-order valence-corrected chi connectivity index (χ4v) is 1.92. The highest BCUT2D eigenvalue weighted by atomic mass is 19.1. The zero-order valence-electron chi connectivity index (χ0n) is 11.4. The number of nitrogens with two attached hydrogens (primary N) is 1. The maximum absolute atomic E-state index is 13.8. The average molecular weight is 289 g/mol. The lowest BCUT2D eigenvalue weighted by atomic mass is 10.2. The van der Waals surface area contributed by atoms with Crippen LogP contribution < -0.4 is 10.5 Å². The van der Waals surface area contributed by atoms with Gasteiger partial charge in [-0.3, -0.25) is 0 Å². The van der Waals surface area contributed by atoms with Gasteiger partial charge in [-0.05, 0) is 12.1 Å². The van der Waals surface area contributed by atoms with Gasteiger partial charge in [-0.15, -0.1) is 0 Å². The van der Waals surface area contributed by atoms with Gasteiger partial charge in [0.2, 0.25) is 0 Å². The monoisotopic (exact) mass is 289 g/mol. The number of benzene rings is 1. The van der Waals surface area contributed by atoms with E-state index in [1.807, 2.05) is 6.07 Å². The van der Waals surface area contributed by atoms with E-state index in [1.165, 1.54) is 43.2 Å². The summed E-state index contributed by atoms with van der Waals surface area (Å²) < 4.78 is 24.6. The number of nitriles is 1. The molecule has 2 aromatic rings. The van der Waals surface area contributed by atoms with E-state index in [4.69, 9.17) is 15.7 Å². The van der Waals surface area contributed by atoms with Gasteiger partial charge in [-0.25, -0.2) is 9.18 Å². The molecular formula is C14H12FN3O3. The van der Waals surface area contributed by atoms with E-state index in [2.05, 4.69) is 4.74 Å². The Bertz CT molecular complexity index is 747. The Kier molecular flexibility index (Phi) is 3.80. The second-order valence-electron chi connectivity index (χ2n) is 4.10. The number of rotatable bonds is 3. The van der Waals surface area contributed by atoms with Gasteiger partial charge < -0.3 is 19.8 Å². The van der Waals surface area contributed by atoms with Crippen molar-refractivity contribution in [3.63, 3.8) is 0 Å². The number of carbonyl (C=O) groups excluding carboxylic acids is 1. The van der Waals surface area contributed by atoms with E-state index in [1.54, 1.807) is 0 Å². The molecule has 0 fully saturated rings. The van der Waals surface area contributed by atoms with Crippen LogP contribution in [0.15, 0.2) is 24.4 Å². The number of halogens is 1. The van der Waals surface area contributed by atoms with Gasteiger partial charge in [-0.2, -0.15) is 5.26 Å². The molecule has 2 N–H and O–H groups in total. The Labute approximate surface area is 120 Å². The lowest BCUT2D eigenvalue weighted by Crippen LogP contribution is -2.11. The highest BCUT2D eigenvalue weighted by Gasteiger charge is 2.22. The van der Waals surface area contributed by atoms with Crippen molar-refractivity contribution < 1.29 is 18.7 Å². The van der Waals surface area contributed by atoms with Crippen molar-refractivity contribution in [1.29, 1.82) is 5.26 Å². The van der Waals surface area contributed by atoms with Gasteiger partial charge in [0.05, 0.1) is 25.5 Å². The van der Waals surface area contributed by atoms with Crippen molar-refractivity contribution in [2.75, 3.05) is 20.0 Å². The van der Waals surface area contributed by atoms with Crippen molar-refractivity contribution in [3.05, 3.63) is 41.5 Å². The van der Waals surface area contributed by atoms with Crippen molar-refractivity contribution in [3.8, 4) is 17.5 Å². The van der Waals surface area contributed by atoms with Crippen LogP contribution in [0.2, 0.25) is 0 Å². The number of carbonyl (C=O) groups is 1. The maximum Gasteiger partial charge on any atom is 0.357 e. The molecule has 0 saturated carbocycles. The summed E-state index contributed by atoms with van der Waals surface area (Å²) in [6.45, 7) is 0. The van der Waals surface area contributed by atoms with E-state index < -0.39 is 11.8 Å². The quantitative estimate of drug-likeness (QED) is 0.871. The summed E-state index contributed by atoms with van der Waals surface area (Å²) in [5.41, 5.74) is 6.14. The van der Waals surface area contributed by atoms with Gasteiger partial charge in [0.1, 0.15) is 6.07 Å². The lowest BCUT2D eigenvalue weighted by Gasteiger charge is -2.10. The third kappa shape index (κ3) is 2.39. The molecule has 2 rings (SSSR count). The van der Waals surface area contributed by atoms with E-state index in [9.17, 15) is 9.18 Å². The smallest absolute Gasteiger partial charge is 0.357 e. The molecule has 7 heteroatoms. The number of ether oxygens (including phenoxy) is 2. The van der Waals surface area contributed by atoms with Crippen LogP contribution in [0.4, 0.5) is 10.1 Å². The van der Waals surface area contributed by atoms with E-state index >= 15 is 0 Å². The van der Waals surface area contributed by atoms with Crippen LogP contribution in [0, 0.1) is 17.1 Å². The lowest BCUT2D eigenvalue weighted by molar-refractivity contribution is 0.0593. The van der Waals surface area contributed by atoms with Crippen LogP contribution >= 0.6 is 0 Å². The number of hydrogen-bond acceptors (Lipinski definition) is 5. The predicted molar refractivity (Wildman–Crippen MR) is 72.7 cm³/mol. The highest BCUT2D eigenvalue weighted by Crippen LogP contribution is 2.27. The Morgan fingerprint density at radius 2 is 2.14 bits per heavy atom. The third-order valence-electron chi connectivity index (χ3n) is 2.96. The Morgan fingerprint density at radius 1 is 1.43 bits per heavy atom. The molecule has 0 aliphatic carbocycles. The molecule has 0 amide bonds. The molecule has 0 spiro atoms. The zero-order valence-corrected chi connectivity index (χ0v) is 11.4. The second-order valence-corrected chi connectivity index (χ2v) is 4.10. The molecule has 1 aromatic carbocycles. The minimum atomic E-state index is -0.717. The molecule has 0 aliphatic rings. The molecule has 0 unspecified atom stereocenters. The first-order chi connectivity index (χ1) is 10.0. The standard InChI is InChI=1S/C14H12FN3O3/c1-20-11-4-3-9(5-10(11)15)18-7-8(6-16)12(17)13(18)14(19)21-2/h3-5,7H,17H2,1-2H3. The molecule has 21 heavy (non-hydrogen) atoms. The molecule has 0 saturated heterocycles. The number of anilines is 1. The van der Waals surface area contributed by atoms with Crippen molar-refractivity contribution in [2.45, 2.75) is 0 Å². The third-order valence-corrected chi connectivity index (χ3v) is 2.96. The molecule has 0 radical (unpaired) electrons. The summed E-state index contributed by atoms with van der Waals surface area (Å²) in [6.07, 6.45) is 1.35. The minimum Gasteiger partial charge on any atom is -0.494 e. The highest BCUT2D eigenvalue weighted by molar-refractivity contribution is 5.95. The molecule has 0 atom stereocenters. The molecule has 1 aromatic heterocycles. The maximum atomic E-state index is 13.8. The Hall–Kier alpha value is -3.01. The molecular weight excluding hydrogens is 277 g/mol. The van der Waals surface area contributed by atoms with Crippen LogP contribution in [0.1, 0.15) is 16.1 Å². The van der Waals surface area contributed by atoms with Gasteiger partial charge in [0, 0.05) is 18.0 Å². The Balaban J connectivity index is 2.66. The van der Waals surface area contributed by atoms with E-state index in [0.29, 0.717) is 5.69 Å². The number of nitrogens with zero attached hydrogens (tertiary/aromatic N) is 2. The first-order valence-electron chi connectivity index (χ1n) is 5.86. The summed E-state index contributed by atoms with van der Waals surface area (Å²) in [7, 11) is 2.54. The van der Waals surface area contributed by atoms with Crippen molar-refractivity contribution in [1.82, 2.24) is 4.57 Å². The Morgan fingerprint density at radius 3 is 2.67 bits per heavy atom. The number of aromatic nitrogens is 1. The van der Waals surface area contributed by atoms with Crippen molar-refractivity contribution in [2.24, 2.45) is 0 Å². The van der Waals surface area contributed by atoms with Crippen LogP contribution in [-0.2, 0) is 4.74 Å². The van der Waals surface area contributed by atoms with Gasteiger partial charge in [0.15, 0.2) is 17.3 Å². The van der Waals surface area contributed by atoms with Crippen LogP contribution in [-0.4, -0.2) is 24.8 Å².